The first kappa shape index (κ1) is 21.4. The van der Waals surface area contributed by atoms with Crippen LogP contribution in [0.5, 0.6) is 0 Å². The minimum atomic E-state index is -0.668. The van der Waals surface area contributed by atoms with Crippen molar-refractivity contribution in [3.05, 3.63) is 56.4 Å². The maximum atomic E-state index is 12.2. The summed E-state index contributed by atoms with van der Waals surface area (Å²) in [5, 5.41) is 23.4. The number of nitro benzene ring substituents is 1. The number of hydrogen-bond donors (Lipinski definition) is 3. The molecule has 2 aromatic rings. The minimum absolute atomic E-state index is 0.0608. The molecule has 0 aliphatic carbocycles. The van der Waals surface area contributed by atoms with Gasteiger partial charge in [0.25, 0.3) is 11.6 Å². The SMILES string of the molecule is Cc1[nH]ncc1CCCNC(=O)[C@@H](C)CNC(=O)c1ccc(Cl)cc1[N+](=O)[O-]. The van der Waals surface area contributed by atoms with E-state index in [1.165, 1.54) is 12.1 Å². The van der Waals surface area contributed by atoms with Crippen LogP contribution in [0, 0.1) is 23.0 Å². The predicted molar refractivity (Wildman–Crippen MR) is 104 cm³/mol. The molecule has 28 heavy (non-hydrogen) atoms. The van der Waals surface area contributed by atoms with E-state index in [2.05, 4.69) is 20.8 Å². The summed E-state index contributed by atoms with van der Waals surface area (Å²) in [5.74, 6) is -1.31. The third-order valence-electron chi connectivity index (χ3n) is 4.27. The molecule has 0 radical (unpaired) electrons. The van der Waals surface area contributed by atoms with Crippen LogP contribution in [0.4, 0.5) is 5.69 Å². The van der Waals surface area contributed by atoms with Gasteiger partial charge in [0.05, 0.1) is 17.0 Å². The van der Waals surface area contributed by atoms with Crippen LogP contribution < -0.4 is 10.6 Å². The van der Waals surface area contributed by atoms with Gasteiger partial charge in [0.2, 0.25) is 5.91 Å². The van der Waals surface area contributed by atoms with E-state index in [1.54, 1.807) is 13.1 Å². The smallest absolute Gasteiger partial charge is 0.283 e. The van der Waals surface area contributed by atoms with Crippen LogP contribution in [0.3, 0.4) is 0 Å². The monoisotopic (exact) mass is 407 g/mol. The standard InChI is InChI=1S/C18H22ClN5O4/c1-11(17(25)20-7-3-4-13-10-22-23-12(13)2)9-21-18(26)15-6-5-14(19)8-16(15)24(27)28/h5-6,8,10-11H,3-4,7,9H2,1-2H3,(H,20,25)(H,21,26)(H,22,23)/t11-/m0/s1. The van der Waals surface area contributed by atoms with Crippen molar-refractivity contribution in [1.82, 2.24) is 20.8 Å². The van der Waals surface area contributed by atoms with E-state index in [9.17, 15) is 19.7 Å². The van der Waals surface area contributed by atoms with Gasteiger partial charge in [0, 0.05) is 29.9 Å². The summed E-state index contributed by atoms with van der Waals surface area (Å²) in [6.07, 6.45) is 3.33. The summed E-state index contributed by atoms with van der Waals surface area (Å²) in [7, 11) is 0. The van der Waals surface area contributed by atoms with Crippen LogP contribution in [-0.4, -0.2) is 40.0 Å². The van der Waals surface area contributed by atoms with Gasteiger partial charge in [-0.15, -0.1) is 0 Å². The Kier molecular flexibility index (Phi) is 7.51. The van der Waals surface area contributed by atoms with Crippen LogP contribution in [0.1, 0.15) is 35.0 Å². The minimum Gasteiger partial charge on any atom is -0.356 e. The number of nitrogens with one attached hydrogen (secondary N) is 3. The molecule has 1 aromatic heterocycles. The number of halogens is 1. The van der Waals surface area contributed by atoms with Gasteiger partial charge >= 0.3 is 0 Å². The lowest BCUT2D eigenvalue weighted by Gasteiger charge is -2.13. The van der Waals surface area contributed by atoms with Gasteiger partial charge in [-0.2, -0.15) is 5.10 Å². The Balaban J connectivity index is 1.78. The van der Waals surface area contributed by atoms with Crippen molar-refractivity contribution in [3.63, 3.8) is 0 Å². The predicted octanol–water partition coefficient (Wildman–Crippen LogP) is 2.39. The highest BCUT2D eigenvalue weighted by Gasteiger charge is 2.21. The van der Waals surface area contributed by atoms with Crippen LogP contribution in [0.2, 0.25) is 5.02 Å². The molecular weight excluding hydrogens is 386 g/mol. The number of nitrogens with zero attached hydrogens (tertiary/aromatic N) is 2. The number of carbonyl (C=O) groups excluding carboxylic acids is 2. The van der Waals surface area contributed by atoms with E-state index in [1.807, 2.05) is 6.92 Å². The van der Waals surface area contributed by atoms with Gasteiger partial charge in [0.15, 0.2) is 0 Å². The summed E-state index contributed by atoms with van der Waals surface area (Å²) < 4.78 is 0. The molecule has 0 saturated carbocycles. The molecule has 1 aromatic carbocycles. The number of hydrogen-bond acceptors (Lipinski definition) is 5. The number of carbonyl (C=O) groups is 2. The zero-order chi connectivity index (χ0) is 20.7. The first-order chi connectivity index (χ1) is 13.3. The summed E-state index contributed by atoms with van der Waals surface area (Å²) in [4.78, 5) is 34.8. The highest BCUT2D eigenvalue weighted by Crippen LogP contribution is 2.23. The normalized spacial score (nSPS) is 11.7. The Hall–Kier alpha value is -2.94. The van der Waals surface area contributed by atoms with Crippen molar-refractivity contribution in [2.24, 2.45) is 5.92 Å². The van der Waals surface area contributed by atoms with E-state index < -0.39 is 16.7 Å². The lowest BCUT2D eigenvalue weighted by molar-refractivity contribution is -0.385. The number of rotatable bonds is 9. The molecule has 0 unspecified atom stereocenters. The van der Waals surface area contributed by atoms with Crippen LogP contribution in [0.25, 0.3) is 0 Å². The van der Waals surface area contributed by atoms with Crippen molar-refractivity contribution in [2.45, 2.75) is 26.7 Å². The van der Waals surface area contributed by atoms with Crippen molar-refractivity contribution >= 4 is 29.1 Å². The maximum absolute atomic E-state index is 12.2. The largest absolute Gasteiger partial charge is 0.356 e. The van der Waals surface area contributed by atoms with E-state index in [-0.39, 0.29) is 28.7 Å². The van der Waals surface area contributed by atoms with Crippen LogP contribution in [0.15, 0.2) is 24.4 Å². The molecular formula is C18H22ClN5O4. The van der Waals surface area contributed by atoms with Gasteiger partial charge in [-0.25, -0.2) is 0 Å². The molecule has 1 heterocycles. The van der Waals surface area contributed by atoms with E-state index in [0.717, 1.165) is 30.2 Å². The van der Waals surface area contributed by atoms with Crippen molar-refractivity contribution in [1.29, 1.82) is 0 Å². The van der Waals surface area contributed by atoms with Gasteiger partial charge in [-0.1, -0.05) is 18.5 Å². The summed E-state index contributed by atoms with van der Waals surface area (Å²) in [5.41, 5.74) is 1.65. The summed E-state index contributed by atoms with van der Waals surface area (Å²) in [6, 6.07) is 3.81. The van der Waals surface area contributed by atoms with E-state index >= 15 is 0 Å². The number of benzene rings is 1. The highest BCUT2D eigenvalue weighted by atomic mass is 35.5. The van der Waals surface area contributed by atoms with Gasteiger partial charge in [-0.3, -0.25) is 24.8 Å². The van der Waals surface area contributed by atoms with E-state index in [0.29, 0.717) is 6.54 Å². The average molecular weight is 408 g/mol. The van der Waals surface area contributed by atoms with Gasteiger partial charge in [0.1, 0.15) is 5.56 Å². The number of nitro groups is 1. The molecule has 150 valence electrons. The second kappa shape index (κ2) is 9.84. The Morgan fingerprint density at radius 3 is 2.75 bits per heavy atom. The second-order valence-electron chi connectivity index (χ2n) is 6.44. The molecule has 0 spiro atoms. The Bertz CT molecular complexity index is 867. The Morgan fingerprint density at radius 1 is 1.36 bits per heavy atom. The molecule has 0 bridgehead atoms. The maximum Gasteiger partial charge on any atom is 0.283 e. The number of aromatic nitrogens is 2. The molecule has 9 nitrogen and oxygen atoms in total. The average Bonchev–Trinajstić information content (AvgIpc) is 3.07. The first-order valence-corrected chi connectivity index (χ1v) is 9.16. The number of aryl methyl sites for hydroxylation is 2. The summed E-state index contributed by atoms with van der Waals surface area (Å²) >= 11 is 5.74. The molecule has 3 N–H and O–H groups in total. The fourth-order valence-corrected chi connectivity index (χ4v) is 2.74. The summed E-state index contributed by atoms with van der Waals surface area (Å²) in [6.45, 7) is 4.18. The lowest BCUT2D eigenvalue weighted by atomic mass is 10.1. The van der Waals surface area contributed by atoms with Gasteiger partial charge < -0.3 is 10.6 Å². The Morgan fingerprint density at radius 2 is 2.11 bits per heavy atom. The molecule has 10 heteroatoms. The van der Waals surface area contributed by atoms with Gasteiger partial charge in [-0.05, 0) is 37.5 Å². The topological polar surface area (TPSA) is 130 Å². The second-order valence-corrected chi connectivity index (χ2v) is 6.88. The molecule has 0 aliphatic rings. The number of H-pyrrole nitrogens is 1. The first-order valence-electron chi connectivity index (χ1n) is 8.78. The zero-order valence-electron chi connectivity index (χ0n) is 15.6. The fourth-order valence-electron chi connectivity index (χ4n) is 2.57. The molecule has 2 rings (SSSR count). The Labute approximate surface area is 167 Å². The lowest BCUT2D eigenvalue weighted by Crippen LogP contribution is -2.38. The molecule has 0 aliphatic heterocycles. The molecule has 0 fully saturated rings. The third kappa shape index (κ3) is 5.78. The number of amides is 2. The van der Waals surface area contributed by atoms with Crippen molar-refractivity contribution < 1.29 is 14.5 Å². The molecule has 2 amide bonds. The quantitative estimate of drug-likeness (QED) is 0.334. The molecule has 1 atom stereocenters. The number of aromatic amines is 1. The highest BCUT2D eigenvalue weighted by molar-refractivity contribution is 6.31. The van der Waals surface area contributed by atoms with E-state index in [4.69, 9.17) is 11.6 Å². The van der Waals surface area contributed by atoms with Crippen molar-refractivity contribution in [2.75, 3.05) is 13.1 Å². The zero-order valence-corrected chi connectivity index (χ0v) is 16.4. The van der Waals surface area contributed by atoms with Crippen molar-refractivity contribution in [3.8, 4) is 0 Å². The fraction of sp³-hybridized carbons (Fsp3) is 0.389. The molecule has 0 saturated heterocycles. The van der Waals surface area contributed by atoms with Crippen LogP contribution in [-0.2, 0) is 11.2 Å². The third-order valence-corrected chi connectivity index (χ3v) is 4.51. The van der Waals surface area contributed by atoms with Crippen LogP contribution >= 0.6 is 11.6 Å².